The molecule has 1 atom stereocenters. The fraction of sp³-hybridized carbons (Fsp3) is 0.471. The number of carbonyl (C=O) groups excluding carboxylic acids is 4. The number of nitrogens with one attached hydrogen (secondary N) is 4. The topological polar surface area (TPSA) is 150 Å². The molecule has 2 aromatic heterocycles. The summed E-state index contributed by atoms with van der Waals surface area (Å²) in [6, 6.07) is 9.21. The molecule has 5 aliphatic rings. The van der Waals surface area contributed by atoms with Crippen molar-refractivity contribution in [1.82, 2.24) is 30.3 Å². The fourth-order valence-corrected chi connectivity index (χ4v) is 7.24. The predicted molar refractivity (Wildman–Crippen MR) is 170 cm³/mol. The number of piperidine rings is 2. The van der Waals surface area contributed by atoms with Gasteiger partial charge in [-0.05, 0) is 94.3 Å². The number of nitrogens with zero attached hydrogens (tertiary/aromatic N) is 4. The van der Waals surface area contributed by atoms with Gasteiger partial charge in [-0.25, -0.2) is 0 Å². The number of imide groups is 2. The van der Waals surface area contributed by atoms with E-state index in [4.69, 9.17) is 10.1 Å². The number of rotatable bonds is 9. The summed E-state index contributed by atoms with van der Waals surface area (Å²) in [5.74, 6) is -1.02. The van der Waals surface area contributed by atoms with Gasteiger partial charge in [-0.2, -0.15) is 5.10 Å². The fourth-order valence-electron chi connectivity index (χ4n) is 7.24. The Hall–Kier alpha value is -4.58. The van der Waals surface area contributed by atoms with E-state index in [1.807, 2.05) is 6.20 Å². The third-order valence-corrected chi connectivity index (χ3v) is 10.1. The minimum absolute atomic E-state index is 0.0981. The lowest BCUT2D eigenvalue weighted by Gasteiger charge is -2.35. The molecular weight excluding hydrogens is 584 g/mol. The van der Waals surface area contributed by atoms with Gasteiger partial charge >= 0.3 is 0 Å². The summed E-state index contributed by atoms with van der Waals surface area (Å²) < 4.78 is 2.15. The Balaban J connectivity index is 0.897. The Labute approximate surface area is 266 Å². The third kappa shape index (κ3) is 5.44. The van der Waals surface area contributed by atoms with Gasteiger partial charge in [-0.1, -0.05) is 0 Å². The molecule has 12 heteroatoms. The van der Waals surface area contributed by atoms with E-state index < -0.39 is 23.8 Å². The molecular formula is C34H38N8O4. The molecule has 4 N–H and O–H groups in total. The van der Waals surface area contributed by atoms with E-state index in [-0.39, 0.29) is 29.9 Å². The van der Waals surface area contributed by atoms with E-state index in [2.05, 4.69) is 44.3 Å². The van der Waals surface area contributed by atoms with Gasteiger partial charge in [-0.15, -0.1) is 0 Å². The van der Waals surface area contributed by atoms with E-state index >= 15 is 0 Å². The molecule has 2 saturated carbocycles. The molecule has 12 nitrogen and oxygen atoms in total. The summed E-state index contributed by atoms with van der Waals surface area (Å²) >= 11 is 0. The predicted octanol–water partition coefficient (Wildman–Crippen LogP) is 3.45. The lowest BCUT2D eigenvalue weighted by atomic mass is 9.80. The zero-order valence-electron chi connectivity index (χ0n) is 25.6. The second-order valence-corrected chi connectivity index (χ2v) is 13.4. The first-order valence-corrected chi connectivity index (χ1v) is 16.5. The monoisotopic (exact) mass is 622 g/mol. The van der Waals surface area contributed by atoms with Crippen LogP contribution in [0.2, 0.25) is 0 Å². The van der Waals surface area contributed by atoms with Gasteiger partial charge in [0.1, 0.15) is 6.04 Å². The van der Waals surface area contributed by atoms with Gasteiger partial charge in [-0.3, -0.25) is 39.1 Å². The molecule has 3 aromatic rings. The molecule has 238 valence electrons. The summed E-state index contributed by atoms with van der Waals surface area (Å²) in [5.41, 5.74) is 5.72. The second kappa shape index (κ2) is 11.7. The van der Waals surface area contributed by atoms with E-state index in [1.165, 1.54) is 12.8 Å². The molecule has 5 heterocycles. The molecule has 4 fully saturated rings. The number of carbonyl (C=O) groups is 4. The maximum Gasteiger partial charge on any atom is 0.262 e. The van der Waals surface area contributed by atoms with E-state index in [0.717, 1.165) is 78.5 Å². The maximum atomic E-state index is 13.2. The molecule has 0 spiro atoms. The normalized spacial score (nSPS) is 24.9. The molecule has 3 aliphatic heterocycles. The van der Waals surface area contributed by atoms with Crippen LogP contribution in [0.5, 0.6) is 0 Å². The zero-order valence-corrected chi connectivity index (χ0v) is 25.6. The Morgan fingerprint density at radius 2 is 1.67 bits per heavy atom. The molecule has 8 rings (SSSR count). The van der Waals surface area contributed by atoms with E-state index in [1.54, 1.807) is 18.2 Å². The van der Waals surface area contributed by atoms with Crippen LogP contribution in [0.4, 0.5) is 11.4 Å². The summed E-state index contributed by atoms with van der Waals surface area (Å²) in [4.78, 5) is 55.8. The van der Waals surface area contributed by atoms with E-state index in [0.29, 0.717) is 23.9 Å². The van der Waals surface area contributed by atoms with Crippen molar-refractivity contribution in [3.63, 3.8) is 0 Å². The molecule has 2 aliphatic carbocycles. The first-order chi connectivity index (χ1) is 22.4. The summed E-state index contributed by atoms with van der Waals surface area (Å²) in [7, 11) is 0. The summed E-state index contributed by atoms with van der Waals surface area (Å²) in [5, 5.41) is 17.9. The van der Waals surface area contributed by atoms with Crippen molar-refractivity contribution >= 4 is 35.0 Å². The van der Waals surface area contributed by atoms with Gasteiger partial charge in [0.05, 0.1) is 28.6 Å². The van der Waals surface area contributed by atoms with Gasteiger partial charge in [0.15, 0.2) is 0 Å². The van der Waals surface area contributed by atoms with Gasteiger partial charge in [0.25, 0.3) is 11.8 Å². The third-order valence-electron chi connectivity index (χ3n) is 10.1. The molecule has 1 unspecified atom stereocenters. The van der Waals surface area contributed by atoms with Crippen LogP contribution < -0.4 is 21.3 Å². The molecule has 4 amide bonds. The van der Waals surface area contributed by atoms with Crippen molar-refractivity contribution in [2.45, 2.75) is 75.4 Å². The number of hydrogen-bond acceptors (Lipinski definition) is 9. The molecule has 1 aromatic carbocycles. The number of hydrogen-bond donors (Lipinski definition) is 4. The Kier molecular flexibility index (Phi) is 7.31. The smallest absolute Gasteiger partial charge is 0.262 e. The second-order valence-electron chi connectivity index (χ2n) is 13.4. The van der Waals surface area contributed by atoms with Crippen molar-refractivity contribution in [2.24, 2.45) is 5.92 Å². The molecule has 0 bridgehead atoms. The minimum Gasteiger partial charge on any atom is -0.385 e. The van der Waals surface area contributed by atoms with Crippen molar-refractivity contribution in [2.75, 3.05) is 30.3 Å². The number of aromatic nitrogens is 3. The standard InChI is InChI=1S/C34H38N8O4/c43-30-6-5-29(32(44)39-30)42-33(45)25-4-3-22(15-26(25)34(42)46)37-17-19-13-24(14-19)41-18-27(31(40-41)20-1-2-20)28-16-23(9-12-36-28)38-21-7-10-35-11-8-21/h3-4,9,12,15-16,18-21,24,29,35,37H,1-2,5-8,10-11,13-14,17H2,(H,36,38)(H,39,43,44). The molecule has 0 radical (unpaired) electrons. The number of pyridine rings is 1. The molecule has 46 heavy (non-hydrogen) atoms. The summed E-state index contributed by atoms with van der Waals surface area (Å²) in [6.45, 7) is 2.83. The van der Waals surface area contributed by atoms with Crippen molar-refractivity contribution in [3.05, 3.63) is 59.5 Å². The summed E-state index contributed by atoms with van der Waals surface area (Å²) in [6.07, 6.45) is 10.9. The number of benzene rings is 1. The van der Waals surface area contributed by atoms with Crippen LogP contribution in [0.1, 0.15) is 89.7 Å². The average molecular weight is 623 g/mol. The van der Waals surface area contributed by atoms with Crippen molar-refractivity contribution in [3.8, 4) is 11.3 Å². The first-order valence-electron chi connectivity index (χ1n) is 16.5. The lowest BCUT2D eigenvalue weighted by molar-refractivity contribution is -0.136. The quantitative estimate of drug-likeness (QED) is 0.263. The van der Waals surface area contributed by atoms with Gasteiger partial charge < -0.3 is 16.0 Å². The number of amides is 4. The Morgan fingerprint density at radius 3 is 2.46 bits per heavy atom. The lowest BCUT2D eigenvalue weighted by Crippen LogP contribution is -2.54. The number of fused-ring (bicyclic) bond motifs is 1. The van der Waals surface area contributed by atoms with Crippen molar-refractivity contribution < 1.29 is 19.2 Å². The first kappa shape index (κ1) is 28.9. The molecule has 2 saturated heterocycles. The van der Waals surface area contributed by atoms with Crippen LogP contribution >= 0.6 is 0 Å². The van der Waals surface area contributed by atoms with Gasteiger partial charge in [0, 0.05) is 54.3 Å². The highest BCUT2D eigenvalue weighted by atomic mass is 16.2. The van der Waals surface area contributed by atoms with Crippen LogP contribution in [-0.4, -0.2) is 75.0 Å². The van der Waals surface area contributed by atoms with E-state index in [9.17, 15) is 19.2 Å². The minimum atomic E-state index is -0.965. The van der Waals surface area contributed by atoms with Crippen LogP contribution in [0, 0.1) is 5.92 Å². The SMILES string of the molecule is O=C1CCC(N2C(=O)c3ccc(NCC4CC(n5cc(-c6cc(NC7CCNCC7)ccn6)c(C6CC6)n5)C4)cc3C2=O)C(=O)N1. The average Bonchev–Trinajstić information content (AvgIpc) is 3.75. The highest BCUT2D eigenvalue weighted by molar-refractivity contribution is 6.23. The van der Waals surface area contributed by atoms with Crippen LogP contribution in [0.3, 0.4) is 0 Å². The Morgan fingerprint density at radius 1 is 0.870 bits per heavy atom. The van der Waals surface area contributed by atoms with Crippen LogP contribution in [0.15, 0.2) is 42.7 Å². The highest BCUT2D eigenvalue weighted by Gasteiger charge is 2.44. The largest absolute Gasteiger partial charge is 0.385 e. The van der Waals surface area contributed by atoms with Crippen LogP contribution in [-0.2, 0) is 9.59 Å². The van der Waals surface area contributed by atoms with Crippen molar-refractivity contribution in [1.29, 1.82) is 0 Å². The van der Waals surface area contributed by atoms with Gasteiger partial charge in [0.2, 0.25) is 11.8 Å². The maximum absolute atomic E-state index is 13.2. The zero-order chi connectivity index (χ0) is 31.4. The highest BCUT2D eigenvalue weighted by Crippen LogP contribution is 2.46. The Bertz CT molecular complexity index is 1720. The number of anilines is 2. The van der Waals surface area contributed by atoms with Crippen LogP contribution in [0.25, 0.3) is 11.3 Å².